The van der Waals surface area contributed by atoms with Crippen molar-refractivity contribution in [1.82, 2.24) is 15.5 Å². The van der Waals surface area contributed by atoms with E-state index in [4.69, 9.17) is 9.26 Å². The van der Waals surface area contributed by atoms with E-state index in [0.29, 0.717) is 24.7 Å². The summed E-state index contributed by atoms with van der Waals surface area (Å²) in [4.78, 5) is 4.39. The molecular formula is C12H21N3O3. The summed E-state index contributed by atoms with van der Waals surface area (Å²) in [5.41, 5.74) is -0.0987. The van der Waals surface area contributed by atoms with Crippen LogP contribution in [-0.2, 0) is 4.74 Å². The maximum Gasteiger partial charge on any atom is 0.243 e. The van der Waals surface area contributed by atoms with Crippen molar-refractivity contribution >= 4 is 0 Å². The Morgan fingerprint density at radius 2 is 2.22 bits per heavy atom. The van der Waals surface area contributed by atoms with E-state index in [9.17, 15) is 5.11 Å². The predicted octanol–water partition coefficient (Wildman–Crippen LogP) is 1.20. The van der Waals surface area contributed by atoms with E-state index in [1.807, 2.05) is 0 Å². The lowest BCUT2D eigenvalue weighted by molar-refractivity contribution is 0.00718. The molecule has 1 aromatic rings. The molecule has 0 aromatic carbocycles. The summed E-state index contributed by atoms with van der Waals surface area (Å²) in [6, 6.07) is -0.0567. The largest absolute Gasteiger partial charge is 0.392 e. The van der Waals surface area contributed by atoms with E-state index >= 15 is 0 Å². The SMILES string of the molecule is COC(c1noc([C@@H]2CC(O)CN2)n1)C(C)(C)C. The second kappa shape index (κ2) is 4.95. The summed E-state index contributed by atoms with van der Waals surface area (Å²) in [7, 11) is 1.64. The molecule has 1 fully saturated rings. The Labute approximate surface area is 107 Å². The predicted molar refractivity (Wildman–Crippen MR) is 64.9 cm³/mol. The van der Waals surface area contributed by atoms with Gasteiger partial charge in [-0.05, 0) is 11.8 Å². The summed E-state index contributed by atoms with van der Waals surface area (Å²) in [5.74, 6) is 1.08. The van der Waals surface area contributed by atoms with Gasteiger partial charge in [0.1, 0.15) is 6.10 Å². The van der Waals surface area contributed by atoms with Crippen LogP contribution in [0.5, 0.6) is 0 Å². The van der Waals surface area contributed by atoms with E-state index in [1.54, 1.807) is 7.11 Å². The van der Waals surface area contributed by atoms with Gasteiger partial charge in [-0.25, -0.2) is 0 Å². The van der Waals surface area contributed by atoms with Crippen LogP contribution in [0.2, 0.25) is 0 Å². The summed E-state index contributed by atoms with van der Waals surface area (Å²) in [6.07, 6.45) is 0.0574. The van der Waals surface area contributed by atoms with E-state index in [1.165, 1.54) is 0 Å². The number of nitrogens with one attached hydrogen (secondary N) is 1. The molecule has 1 saturated heterocycles. The van der Waals surface area contributed by atoms with Gasteiger partial charge in [-0.1, -0.05) is 25.9 Å². The molecule has 6 nitrogen and oxygen atoms in total. The van der Waals surface area contributed by atoms with E-state index in [2.05, 4.69) is 36.2 Å². The standard InChI is InChI=1S/C12H21N3O3/c1-12(2,3)9(17-4)10-14-11(18-15-10)8-5-7(16)6-13-8/h7-9,13,16H,5-6H2,1-4H3/t7?,8-,9?/m0/s1. The van der Waals surface area contributed by atoms with Gasteiger partial charge in [0.05, 0.1) is 12.1 Å². The summed E-state index contributed by atoms with van der Waals surface area (Å²) in [5, 5.41) is 16.6. The lowest BCUT2D eigenvalue weighted by Gasteiger charge is -2.26. The molecule has 1 aliphatic rings. The molecule has 3 atom stereocenters. The monoisotopic (exact) mass is 255 g/mol. The van der Waals surface area contributed by atoms with Gasteiger partial charge < -0.3 is 19.7 Å². The fourth-order valence-corrected chi connectivity index (χ4v) is 2.25. The molecule has 2 rings (SSSR count). The Morgan fingerprint density at radius 1 is 1.50 bits per heavy atom. The third kappa shape index (κ3) is 2.71. The van der Waals surface area contributed by atoms with E-state index in [0.717, 1.165) is 0 Å². The van der Waals surface area contributed by atoms with Crippen LogP contribution in [0, 0.1) is 5.41 Å². The minimum Gasteiger partial charge on any atom is -0.392 e. The summed E-state index contributed by atoms with van der Waals surface area (Å²) < 4.78 is 10.7. The molecule has 0 radical (unpaired) electrons. The number of β-amino-alcohol motifs (C(OH)–C–C–N with tert-alkyl or cyclic N) is 1. The van der Waals surface area contributed by atoms with Gasteiger partial charge in [0, 0.05) is 13.7 Å². The first-order valence-corrected chi connectivity index (χ1v) is 6.19. The van der Waals surface area contributed by atoms with Crippen LogP contribution in [0.25, 0.3) is 0 Å². The highest BCUT2D eigenvalue weighted by atomic mass is 16.5. The van der Waals surface area contributed by atoms with Crippen molar-refractivity contribution in [3.8, 4) is 0 Å². The molecule has 102 valence electrons. The summed E-state index contributed by atoms with van der Waals surface area (Å²) >= 11 is 0. The number of hydrogen-bond acceptors (Lipinski definition) is 6. The van der Waals surface area contributed by atoms with Crippen LogP contribution in [0.3, 0.4) is 0 Å². The Hall–Kier alpha value is -0.980. The van der Waals surface area contributed by atoms with Gasteiger partial charge >= 0.3 is 0 Å². The molecular weight excluding hydrogens is 234 g/mol. The average molecular weight is 255 g/mol. The number of aromatic nitrogens is 2. The maximum absolute atomic E-state index is 9.48. The highest BCUT2D eigenvalue weighted by Crippen LogP contribution is 2.34. The fourth-order valence-electron chi connectivity index (χ4n) is 2.25. The number of methoxy groups -OCH3 is 1. The Bertz CT molecular complexity index is 400. The van der Waals surface area contributed by atoms with E-state index in [-0.39, 0.29) is 23.7 Å². The number of nitrogens with zero attached hydrogens (tertiary/aromatic N) is 2. The van der Waals surface area contributed by atoms with Gasteiger partial charge in [0.15, 0.2) is 0 Å². The Balaban J connectivity index is 2.14. The highest BCUT2D eigenvalue weighted by Gasteiger charge is 2.33. The van der Waals surface area contributed by atoms with Crippen LogP contribution >= 0.6 is 0 Å². The van der Waals surface area contributed by atoms with Crippen LogP contribution < -0.4 is 5.32 Å². The van der Waals surface area contributed by atoms with Crippen molar-refractivity contribution in [2.24, 2.45) is 5.41 Å². The molecule has 2 unspecified atom stereocenters. The molecule has 6 heteroatoms. The van der Waals surface area contributed by atoms with E-state index < -0.39 is 0 Å². The van der Waals surface area contributed by atoms with Crippen LogP contribution in [0.15, 0.2) is 4.52 Å². The number of ether oxygens (including phenoxy) is 1. The molecule has 0 aliphatic carbocycles. The fraction of sp³-hybridized carbons (Fsp3) is 0.833. The zero-order valence-electron chi connectivity index (χ0n) is 11.3. The van der Waals surface area contributed by atoms with Crippen molar-refractivity contribution in [2.75, 3.05) is 13.7 Å². The van der Waals surface area contributed by atoms with Crippen LogP contribution in [-0.4, -0.2) is 35.0 Å². The lowest BCUT2D eigenvalue weighted by Crippen LogP contribution is -2.21. The van der Waals surface area contributed by atoms with Crippen molar-refractivity contribution in [2.45, 2.75) is 45.4 Å². The second-order valence-electron chi connectivity index (χ2n) is 5.82. The van der Waals surface area contributed by atoms with Crippen molar-refractivity contribution in [3.63, 3.8) is 0 Å². The zero-order chi connectivity index (χ0) is 13.3. The minimum atomic E-state index is -0.341. The maximum atomic E-state index is 9.48. The normalized spacial score (nSPS) is 26.5. The first-order chi connectivity index (χ1) is 8.41. The topological polar surface area (TPSA) is 80.4 Å². The van der Waals surface area contributed by atoms with Crippen molar-refractivity contribution in [3.05, 3.63) is 11.7 Å². The second-order valence-corrected chi connectivity index (χ2v) is 5.82. The first-order valence-electron chi connectivity index (χ1n) is 6.19. The van der Waals surface area contributed by atoms with Gasteiger partial charge in [0.25, 0.3) is 0 Å². The van der Waals surface area contributed by atoms with Crippen LogP contribution in [0.1, 0.15) is 51.1 Å². The van der Waals surface area contributed by atoms with Crippen molar-refractivity contribution in [1.29, 1.82) is 0 Å². The smallest absolute Gasteiger partial charge is 0.243 e. The number of rotatable bonds is 3. The van der Waals surface area contributed by atoms with Gasteiger partial charge in [0.2, 0.25) is 11.7 Å². The number of hydrogen-bond donors (Lipinski definition) is 2. The summed E-state index contributed by atoms with van der Waals surface area (Å²) in [6.45, 7) is 6.76. The lowest BCUT2D eigenvalue weighted by atomic mass is 9.88. The molecule has 18 heavy (non-hydrogen) atoms. The minimum absolute atomic E-state index is 0.0567. The molecule has 1 aliphatic heterocycles. The molecule has 0 bridgehead atoms. The van der Waals surface area contributed by atoms with Gasteiger partial charge in [-0.3, -0.25) is 0 Å². The molecule has 0 saturated carbocycles. The zero-order valence-corrected chi connectivity index (χ0v) is 11.3. The highest BCUT2D eigenvalue weighted by molar-refractivity contribution is 5.01. The number of aliphatic hydroxyl groups excluding tert-OH is 1. The first kappa shape index (κ1) is 13.5. The van der Waals surface area contributed by atoms with Gasteiger partial charge in [-0.2, -0.15) is 4.98 Å². The van der Waals surface area contributed by atoms with Gasteiger partial charge in [-0.15, -0.1) is 0 Å². The third-order valence-electron chi connectivity index (χ3n) is 3.12. The van der Waals surface area contributed by atoms with Crippen molar-refractivity contribution < 1.29 is 14.4 Å². The number of aliphatic hydroxyl groups is 1. The third-order valence-corrected chi connectivity index (χ3v) is 3.12. The van der Waals surface area contributed by atoms with Crippen LogP contribution in [0.4, 0.5) is 0 Å². The Kier molecular flexibility index (Phi) is 3.70. The molecule has 1 aromatic heterocycles. The molecule has 2 N–H and O–H groups in total. The quantitative estimate of drug-likeness (QED) is 0.844. The molecule has 2 heterocycles. The Morgan fingerprint density at radius 3 is 2.72 bits per heavy atom. The average Bonchev–Trinajstić information content (AvgIpc) is 2.85. The molecule has 0 spiro atoms. The molecule has 0 amide bonds.